The minimum atomic E-state index is -0.518. The standard InChI is InChI=1S/C18H26O4/c1-12(2)21-17(19)11-16(18(20)22-13(3)4)10-15-8-6-7-14(5)9-15/h6-9,12-13,16H,10-11H2,1-5H3. The molecule has 1 aromatic carbocycles. The molecule has 0 saturated heterocycles. The predicted octanol–water partition coefficient (Wildman–Crippen LogP) is 3.45. The van der Waals surface area contributed by atoms with Crippen LogP contribution >= 0.6 is 0 Å². The summed E-state index contributed by atoms with van der Waals surface area (Å²) < 4.78 is 10.4. The molecule has 0 heterocycles. The van der Waals surface area contributed by atoms with Crippen molar-refractivity contribution in [2.45, 2.75) is 59.7 Å². The van der Waals surface area contributed by atoms with Gasteiger partial charge in [0.2, 0.25) is 0 Å². The highest BCUT2D eigenvalue weighted by atomic mass is 16.5. The first kappa shape index (κ1) is 18.2. The summed E-state index contributed by atoms with van der Waals surface area (Å²) in [6, 6.07) is 7.92. The van der Waals surface area contributed by atoms with Crippen LogP contribution in [0, 0.1) is 12.8 Å². The highest BCUT2D eigenvalue weighted by Crippen LogP contribution is 2.17. The average molecular weight is 306 g/mol. The number of hydrogen-bond donors (Lipinski definition) is 0. The van der Waals surface area contributed by atoms with Crippen molar-refractivity contribution in [3.05, 3.63) is 35.4 Å². The number of aryl methyl sites for hydroxylation is 1. The van der Waals surface area contributed by atoms with E-state index in [2.05, 4.69) is 0 Å². The van der Waals surface area contributed by atoms with Crippen LogP contribution in [-0.4, -0.2) is 24.1 Å². The lowest BCUT2D eigenvalue weighted by atomic mass is 9.95. The maximum atomic E-state index is 12.2. The van der Waals surface area contributed by atoms with Gasteiger partial charge in [0, 0.05) is 0 Å². The van der Waals surface area contributed by atoms with E-state index in [1.54, 1.807) is 27.7 Å². The molecule has 0 amide bonds. The Kier molecular flexibility index (Phi) is 7.09. The van der Waals surface area contributed by atoms with Crippen LogP contribution in [0.4, 0.5) is 0 Å². The normalized spacial score (nSPS) is 12.3. The maximum Gasteiger partial charge on any atom is 0.310 e. The Labute approximate surface area is 132 Å². The van der Waals surface area contributed by atoms with E-state index in [1.807, 2.05) is 31.2 Å². The lowest BCUT2D eigenvalue weighted by molar-refractivity contribution is -0.159. The zero-order valence-electron chi connectivity index (χ0n) is 14.1. The Morgan fingerprint density at radius 1 is 1.05 bits per heavy atom. The zero-order valence-corrected chi connectivity index (χ0v) is 14.1. The molecule has 1 rings (SSSR count). The summed E-state index contributed by atoms with van der Waals surface area (Å²) in [5.41, 5.74) is 2.14. The van der Waals surface area contributed by atoms with E-state index in [4.69, 9.17) is 9.47 Å². The van der Waals surface area contributed by atoms with Crippen molar-refractivity contribution in [2.75, 3.05) is 0 Å². The third kappa shape index (κ3) is 6.74. The molecular weight excluding hydrogens is 280 g/mol. The summed E-state index contributed by atoms with van der Waals surface area (Å²) in [5.74, 6) is -1.24. The van der Waals surface area contributed by atoms with Crippen molar-refractivity contribution in [3.63, 3.8) is 0 Å². The predicted molar refractivity (Wildman–Crippen MR) is 85.4 cm³/mol. The molecular formula is C18H26O4. The van der Waals surface area contributed by atoms with E-state index >= 15 is 0 Å². The number of benzene rings is 1. The Hall–Kier alpha value is -1.84. The van der Waals surface area contributed by atoms with Crippen molar-refractivity contribution in [1.82, 2.24) is 0 Å². The number of ether oxygens (including phenoxy) is 2. The van der Waals surface area contributed by atoms with E-state index in [-0.39, 0.29) is 30.6 Å². The summed E-state index contributed by atoms with van der Waals surface area (Å²) >= 11 is 0. The molecule has 0 aliphatic rings. The van der Waals surface area contributed by atoms with E-state index in [9.17, 15) is 9.59 Å². The van der Waals surface area contributed by atoms with Crippen molar-refractivity contribution < 1.29 is 19.1 Å². The largest absolute Gasteiger partial charge is 0.463 e. The van der Waals surface area contributed by atoms with Gasteiger partial charge in [-0.1, -0.05) is 29.8 Å². The molecule has 0 radical (unpaired) electrons. The van der Waals surface area contributed by atoms with Crippen LogP contribution in [-0.2, 0) is 25.5 Å². The van der Waals surface area contributed by atoms with Crippen LogP contribution in [0.3, 0.4) is 0 Å². The molecule has 0 bridgehead atoms. The topological polar surface area (TPSA) is 52.6 Å². The second-order valence-corrected chi connectivity index (χ2v) is 6.12. The van der Waals surface area contributed by atoms with E-state index in [0.29, 0.717) is 6.42 Å². The van der Waals surface area contributed by atoms with Gasteiger partial charge in [-0.3, -0.25) is 9.59 Å². The summed E-state index contributed by atoms with van der Waals surface area (Å²) in [7, 11) is 0. The molecule has 1 aromatic rings. The fraction of sp³-hybridized carbons (Fsp3) is 0.556. The fourth-order valence-electron chi connectivity index (χ4n) is 2.20. The van der Waals surface area contributed by atoms with Gasteiger partial charge in [-0.15, -0.1) is 0 Å². The number of carbonyl (C=O) groups is 2. The van der Waals surface area contributed by atoms with Crippen molar-refractivity contribution >= 4 is 11.9 Å². The van der Waals surface area contributed by atoms with Gasteiger partial charge in [-0.25, -0.2) is 0 Å². The molecule has 0 saturated carbocycles. The van der Waals surface area contributed by atoms with Crippen LogP contribution < -0.4 is 0 Å². The van der Waals surface area contributed by atoms with Gasteiger partial charge in [0.25, 0.3) is 0 Å². The smallest absolute Gasteiger partial charge is 0.310 e. The average Bonchev–Trinajstić information content (AvgIpc) is 2.36. The first-order valence-electron chi connectivity index (χ1n) is 7.73. The molecule has 122 valence electrons. The van der Waals surface area contributed by atoms with Gasteiger partial charge in [0.05, 0.1) is 24.5 Å². The van der Waals surface area contributed by atoms with E-state index < -0.39 is 5.92 Å². The maximum absolute atomic E-state index is 12.2. The molecule has 0 fully saturated rings. The number of rotatable bonds is 7. The number of esters is 2. The molecule has 0 aliphatic carbocycles. The van der Waals surface area contributed by atoms with Gasteiger partial charge in [-0.2, -0.15) is 0 Å². The third-order valence-electron chi connectivity index (χ3n) is 3.03. The van der Waals surface area contributed by atoms with Crippen LogP contribution in [0.25, 0.3) is 0 Å². The Balaban J connectivity index is 2.81. The van der Waals surface area contributed by atoms with Gasteiger partial charge >= 0.3 is 11.9 Å². The number of hydrogen-bond acceptors (Lipinski definition) is 4. The Morgan fingerprint density at radius 2 is 1.68 bits per heavy atom. The molecule has 22 heavy (non-hydrogen) atoms. The highest BCUT2D eigenvalue weighted by Gasteiger charge is 2.25. The second kappa shape index (κ2) is 8.57. The Bertz CT molecular complexity index is 506. The van der Waals surface area contributed by atoms with Gasteiger partial charge in [0.1, 0.15) is 0 Å². The van der Waals surface area contributed by atoms with Crippen molar-refractivity contribution in [1.29, 1.82) is 0 Å². The summed E-state index contributed by atoms with van der Waals surface area (Å²) in [6.07, 6.45) is 0.125. The molecule has 4 nitrogen and oxygen atoms in total. The third-order valence-corrected chi connectivity index (χ3v) is 3.03. The monoisotopic (exact) mass is 306 g/mol. The highest BCUT2D eigenvalue weighted by molar-refractivity contribution is 5.80. The second-order valence-electron chi connectivity index (χ2n) is 6.12. The minimum Gasteiger partial charge on any atom is -0.463 e. The van der Waals surface area contributed by atoms with E-state index in [0.717, 1.165) is 11.1 Å². The number of carbonyl (C=O) groups excluding carboxylic acids is 2. The zero-order chi connectivity index (χ0) is 16.7. The fourth-order valence-corrected chi connectivity index (χ4v) is 2.20. The molecule has 0 spiro atoms. The van der Waals surface area contributed by atoms with Gasteiger partial charge < -0.3 is 9.47 Å². The SMILES string of the molecule is Cc1cccc(CC(CC(=O)OC(C)C)C(=O)OC(C)C)c1. The summed E-state index contributed by atoms with van der Waals surface area (Å²) in [6.45, 7) is 9.18. The quantitative estimate of drug-likeness (QED) is 0.724. The summed E-state index contributed by atoms with van der Waals surface area (Å²) in [4.78, 5) is 24.1. The molecule has 0 N–H and O–H groups in total. The first-order valence-corrected chi connectivity index (χ1v) is 7.73. The van der Waals surface area contributed by atoms with Crippen molar-refractivity contribution in [3.8, 4) is 0 Å². The lowest BCUT2D eigenvalue weighted by Crippen LogP contribution is -2.27. The van der Waals surface area contributed by atoms with Gasteiger partial charge in [-0.05, 0) is 46.6 Å². The molecule has 1 unspecified atom stereocenters. The molecule has 0 aliphatic heterocycles. The minimum absolute atomic E-state index is 0.0394. The van der Waals surface area contributed by atoms with Crippen LogP contribution in [0.2, 0.25) is 0 Å². The first-order chi connectivity index (χ1) is 10.3. The van der Waals surface area contributed by atoms with Gasteiger partial charge in [0.15, 0.2) is 0 Å². The van der Waals surface area contributed by atoms with Crippen molar-refractivity contribution in [2.24, 2.45) is 5.92 Å². The Morgan fingerprint density at radius 3 is 2.23 bits per heavy atom. The molecule has 0 aromatic heterocycles. The van der Waals surface area contributed by atoms with Crippen LogP contribution in [0.5, 0.6) is 0 Å². The van der Waals surface area contributed by atoms with E-state index in [1.165, 1.54) is 0 Å². The van der Waals surface area contributed by atoms with Crippen LogP contribution in [0.15, 0.2) is 24.3 Å². The lowest BCUT2D eigenvalue weighted by Gasteiger charge is -2.18. The van der Waals surface area contributed by atoms with Crippen LogP contribution in [0.1, 0.15) is 45.2 Å². The molecule has 1 atom stereocenters. The molecule has 4 heteroatoms. The summed E-state index contributed by atoms with van der Waals surface area (Å²) in [5, 5.41) is 0.